The lowest BCUT2D eigenvalue weighted by atomic mass is 10.1. The standard InChI is InChI=1S/C11H9FO2S/c1-6-9(5-13)15-8-4-3-7(12)11(14-2)10(6)8/h3-5H,1-2H3. The lowest BCUT2D eigenvalue weighted by Gasteiger charge is -2.03. The van der Waals surface area contributed by atoms with Gasteiger partial charge in [0, 0.05) is 10.1 Å². The van der Waals surface area contributed by atoms with Crippen LogP contribution in [-0.4, -0.2) is 13.4 Å². The molecule has 0 fully saturated rings. The molecule has 1 aromatic carbocycles. The Morgan fingerprint density at radius 2 is 2.20 bits per heavy atom. The molecule has 1 heterocycles. The molecule has 1 aromatic heterocycles. The number of ether oxygens (including phenoxy) is 1. The third kappa shape index (κ3) is 1.41. The van der Waals surface area contributed by atoms with Crippen molar-refractivity contribution in [3.05, 3.63) is 28.4 Å². The number of hydrogen-bond donors (Lipinski definition) is 0. The summed E-state index contributed by atoms with van der Waals surface area (Å²) in [5.41, 5.74) is 0.779. The first-order valence-electron chi connectivity index (χ1n) is 4.39. The highest BCUT2D eigenvalue weighted by molar-refractivity contribution is 7.20. The van der Waals surface area contributed by atoms with E-state index in [9.17, 15) is 9.18 Å². The molecule has 0 radical (unpaired) electrons. The average Bonchev–Trinajstić information content (AvgIpc) is 2.56. The van der Waals surface area contributed by atoms with Gasteiger partial charge in [0.05, 0.1) is 12.0 Å². The Morgan fingerprint density at radius 3 is 2.80 bits per heavy atom. The number of rotatable bonds is 2. The van der Waals surface area contributed by atoms with Gasteiger partial charge in [0.1, 0.15) is 0 Å². The van der Waals surface area contributed by atoms with Gasteiger partial charge in [0.25, 0.3) is 0 Å². The Bertz CT molecular complexity index is 531. The Morgan fingerprint density at radius 1 is 1.47 bits per heavy atom. The first-order valence-corrected chi connectivity index (χ1v) is 5.21. The zero-order valence-electron chi connectivity index (χ0n) is 8.33. The minimum Gasteiger partial charge on any atom is -0.493 e. The number of aryl methyl sites for hydroxylation is 1. The van der Waals surface area contributed by atoms with Crippen LogP contribution in [0.5, 0.6) is 5.75 Å². The largest absolute Gasteiger partial charge is 0.493 e. The van der Waals surface area contributed by atoms with Gasteiger partial charge < -0.3 is 4.74 Å². The van der Waals surface area contributed by atoms with E-state index >= 15 is 0 Å². The molecule has 0 aliphatic rings. The molecule has 0 saturated heterocycles. The SMILES string of the molecule is COc1c(F)ccc2sc(C=O)c(C)c12. The van der Waals surface area contributed by atoms with Gasteiger partial charge in [-0.15, -0.1) is 11.3 Å². The van der Waals surface area contributed by atoms with Crippen LogP contribution in [0.3, 0.4) is 0 Å². The van der Waals surface area contributed by atoms with Crippen molar-refractivity contribution in [3.63, 3.8) is 0 Å². The van der Waals surface area contributed by atoms with Crippen LogP contribution in [0.15, 0.2) is 12.1 Å². The lowest BCUT2D eigenvalue weighted by molar-refractivity contribution is 0.112. The van der Waals surface area contributed by atoms with Crippen molar-refractivity contribution in [1.29, 1.82) is 0 Å². The topological polar surface area (TPSA) is 26.3 Å². The second-order valence-corrected chi connectivity index (χ2v) is 4.25. The highest BCUT2D eigenvalue weighted by atomic mass is 32.1. The van der Waals surface area contributed by atoms with E-state index < -0.39 is 5.82 Å². The van der Waals surface area contributed by atoms with Crippen LogP contribution in [0, 0.1) is 12.7 Å². The van der Waals surface area contributed by atoms with Crippen molar-refractivity contribution in [1.82, 2.24) is 0 Å². The quantitative estimate of drug-likeness (QED) is 0.732. The van der Waals surface area contributed by atoms with Gasteiger partial charge in [-0.05, 0) is 24.6 Å². The highest BCUT2D eigenvalue weighted by Crippen LogP contribution is 2.37. The number of thiophene rings is 1. The number of hydrogen-bond acceptors (Lipinski definition) is 3. The van der Waals surface area contributed by atoms with E-state index in [2.05, 4.69) is 0 Å². The van der Waals surface area contributed by atoms with Crippen molar-refractivity contribution >= 4 is 27.7 Å². The van der Waals surface area contributed by atoms with Crippen molar-refractivity contribution < 1.29 is 13.9 Å². The zero-order valence-corrected chi connectivity index (χ0v) is 9.15. The Hall–Kier alpha value is -1.42. The molecule has 4 heteroatoms. The fourth-order valence-electron chi connectivity index (χ4n) is 1.61. The predicted octanol–water partition coefficient (Wildman–Crippen LogP) is 3.17. The van der Waals surface area contributed by atoms with Gasteiger partial charge in [-0.2, -0.15) is 0 Å². The zero-order chi connectivity index (χ0) is 11.0. The van der Waals surface area contributed by atoms with Crippen LogP contribution in [-0.2, 0) is 0 Å². The van der Waals surface area contributed by atoms with Crippen LogP contribution in [0.25, 0.3) is 10.1 Å². The van der Waals surface area contributed by atoms with Gasteiger partial charge in [0.2, 0.25) is 0 Å². The molecule has 0 aliphatic carbocycles. The van der Waals surface area contributed by atoms with Crippen molar-refractivity contribution in [2.75, 3.05) is 7.11 Å². The summed E-state index contributed by atoms with van der Waals surface area (Å²) in [6, 6.07) is 3.02. The van der Waals surface area contributed by atoms with Crippen LogP contribution >= 0.6 is 11.3 Å². The molecule has 0 saturated carbocycles. The van der Waals surface area contributed by atoms with Crippen LogP contribution in [0.2, 0.25) is 0 Å². The molecule has 2 nitrogen and oxygen atoms in total. The van der Waals surface area contributed by atoms with E-state index in [1.165, 1.54) is 24.5 Å². The number of fused-ring (bicyclic) bond motifs is 1. The first-order chi connectivity index (χ1) is 7.19. The number of methoxy groups -OCH3 is 1. The van der Waals surface area contributed by atoms with Crippen molar-refractivity contribution in [2.24, 2.45) is 0 Å². The number of aldehydes is 1. The molecule has 0 bridgehead atoms. The summed E-state index contributed by atoms with van der Waals surface area (Å²) >= 11 is 1.35. The maximum absolute atomic E-state index is 13.4. The molecule has 0 amide bonds. The third-order valence-electron chi connectivity index (χ3n) is 2.35. The summed E-state index contributed by atoms with van der Waals surface area (Å²) < 4.78 is 19.3. The minimum atomic E-state index is -0.400. The summed E-state index contributed by atoms with van der Waals surface area (Å²) in [5, 5.41) is 0.699. The van der Waals surface area contributed by atoms with Gasteiger partial charge in [0.15, 0.2) is 17.9 Å². The molecule has 0 aliphatic heterocycles. The van der Waals surface area contributed by atoms with E-state index in [1.807, 2.05) is 0 Å². The molecule has 2 aromatic rings. The van der Waals surface area contributed by atoms with Crippen LogP contribution in [0.4, 0.5) is 4.39 Å². The molecular weight excluding hydrogens is 215 g/mol. The molecule has 2 rings (SSSR count). The van der Waals surface area contributed by atoms with Crippen LogP contribution in [0.1, 0.15) is 15.2 Å². The van der Waals surface area contributed by atoms with Crippen molar-refractivity contribution in [3.8, 4) is 5.75 Å². The summed E-state index contributed by atoms with van der Waals surface area (Å²) in [6.45, 7) is 1.80. The Kier molecular flexibility index (Phi) is 2.44. The smallest absolute Gasteiger partial charge is 0.165 e. The Labute approximate surface area is 90.3 Å². The Balaban J connectivity index is 2.90. The van der Waals surface area contributed by atoms with Crippen molar-refractivity contribution in [2.45, 2.75) is 6.92 Å². The maximum atomic E-state index is 13.4. The maximum Gasteiger partial charge on any atom is 0.165 e. The number of halogens is 1. The number of carbonyl (C=O) groups excluding carboxylic acids is 1. The van der Waals surface area contributed by atoms with E-state index in [4.69, 9.17) is 4.74 Å². The molecule has 0 N–H and O–H groups in total. The summed E-state index contributed by atoms with van der Waals surface area (Å²) in [7, 11) is 1.43. The lowest BCUT2D eigenvalue weighted by Crippen LogP contribution is -1.89. The van der Waals surface area contributed by atoms with Gasteiger partial charge in [-0.25, -0.2) is 4.39 Å². The number of carbonyl (C=O) groups is 1. The van der Waals surface area contributed by atoms with E-state index in [-0.39, 0.29) is 5.75 Å². The van der Waals surface area contributed by atoms with Gasteiger partial charge in [-0.1, -0.05) is 0 Å². The molecule has 0 atom stereocenters. The molecule has 15 heavy (non-hydrogen) atoms. The van der Waals surface area contributed by atoms with E-state index in [1.54, 1.807) is 13.0 Å². The normalized spacial score (nSPS) is 10.6. The summed E-state index contributed by atoms with van der Waals surface area (Å²) in [6.07, 6.45) is 0.789. The fraction of sp³-hybridized carbons (Fsp3) is 0.182. The summed E-state index contributed by atoms with van der Waals surface area (Å²) in [5.74, 6) is -0.183. The number of benzene rings is 1. The van der Waals surface area contributed by atoms with Gasteiger partial charge >= 0.3 is 0 Å². The predicted molar refractivity (Wildman–Crippen MR) is 58.5 cm³/mol. The molecule has 0 spiro atoms. The highest BCUT2D eigenvalue weighted by Gasteiger charge is 2.15. The molecule has 78 valence electrons. The second kappa shape index (κ2) is 3.62. The fourth-order valence-corrected chi connectivity index (χ4v) is 2.63. The molecular formula is C11H9FO2S. The molecule has 0 unspecified atom stereocenters. The van der Waals surface area contributed by atoms with Gasteiger partial charge in [-0.3, -0.25) is 4.79 Å². The van der Waals surface area contributed by atoms with E-state index in [0.717, 1.165) is 16.5 Å². The van der Waals surface area contributed by atoms with Crippen LogP contribution < -0.4 is 4.74 Å². The summed E-state index contributed by atoms with van der Waals surface area (Å²) in [4.78, 5) is 11.4. The minimum absolute atomic E-state index is 0.217. The third-order valence-corrected chi connectivity index (χ3v) is 3.53. The average molecular weight is 224 g/mol. The second-order valence-electron chi connectivity index (χ2n) is 3.16. The monoisotopic (exact) mass is 224 g/mol. The van der Waals surface area contributed by atoms with E-state index in [0.29, 0.717) is 10.3 Å². The first kappa shape index (κ1) is 10.1.